The van der Waals surface area contributed by atoms with Gasteiger partial charge in [-0.1, -0.05) is 61.5 Å². The normalized spacial score (nSPS) is 17.8. The Morgan fingerprint density at radius 2 is 1.73 bits per heavy atom. The van der Waals surface area contributed by atoms with Gasteiger partial charge >= 0.3 is 6.03 Å². The van der Waals surface area contributed by atoms with E-state index in [9.17, 15) is 23.1 Å². The predicted molar refractivity (Wildman–Crippen MR) is 170 cm³/mol. The lowest BCUT2D eigenvalue weighted by Gasteiger charge is -2.38. The average Bonchev–Trinajstić information content (AvgIpc) is 3.03. The Morgan fingerprint density at radius 1 is 1.02 bits per heavy atom. The Kier molecular flexibility index (Phi) is 9.19. The highest BCUT2D eigenvalue weighted by molar-refractivity contribution is 7.89. The SMILES string of the molecule is C[C@@H]1CN([C@@H](C)CO)C(=O)c2cc(NC(=O)Nc3cccc4ccccc34)ccc2O[C@H]1CN(C)S(=O)(=O)c1ccccc1. The van der Waals surface area contributed by atoms with E-state index in [0.717, 1.165) is 10.8 Å². The molecular weight excluding hydrogens is 580 g/mol. The lowest BCUT2D eigenvalue weighted by molar-refractivity contribution is 0.0387. The van der Waals surface area contributed by atoms with Gasteiger partial charge in [0.05, 0.1) is 35.3 Å². The second-order valence-corrected chi connectivity index (χ2v) is 13.1. The van der Waals surface area contributed by atoms with Crippen LogP contribution in [-0.4, -0.2) is 73.6 Å². The maximum Gasteiger partial charge on any atom is 0.323 e. The van der Waals surface area contributed by atoms with Gasteiger partial charge in [0.25, 0.3) is 5.91 Å². The molecule has 3 amide bonds. The van der Waals surface area contributed by atoms with Gasteiger partial charge in [0.1, 0.15) is 11.9 Å². The molecule has 1 aliphatic heterocycles. The van der Waals surface area contributed by atoms with Crippen molar-refractivity contribution in [2.24, 2.45) is 5.92 Å². The molecule has 4 aromatic rings. The van der Waals surface area contributed by atoms with Gasteiger partial charge in [0.2, 0.25) is 10.0 Å². The van der Waals surface area contributed by atoms with Crippen LogP contribution in [0.2, 0.25) is 0 Å². The fourth-order valence-corrected chi connectivity index (χ4v) is 6.47. The zero-order chi connectivity index (χ0) is 31.4. The number of nitrogens with one attached hydrogen (secondary N) is 2. The first-order chi connectivity index (χ1) is 21.1. The number of nitrogens with zero attached hydrogens (tertiary/aromatic N) is 2. The number of ether oxygens (including phenoxy) is 1. The van der Waals surface area contributed by atoms with Crippen molar-refractivity contribution in [2.75, 3.05) is 37.4 Å². The summed E-state index contributed by atoms with van der Waals surface area (Å²) >= 11 is 0. The fourth-order valence-electron chi connectivity index (χ4n) is 5.26. The monoisotopic (exact) mass is 616 g/mol. The molecule has 10 nitrogen and oxygen atoms in total. The number of sulfonamides is 1. The van der Waals surface area contributed by atoms with E-state index in [4.69, 9.17) is 4.74 Å². The highest BCUT2D eigenvalue weighted by atomic mass is 32.2. The first-order valence-electron chi connectivity index (χ1n) is 14.4. The molecular formula is C33H36N4O6S. The molecule has 0 saturated carbocycles. The molecule has 1 aliphatic rings. The van der Waals surface area contributed by atoms with Gasteiger partial charge in [-0.15, -0.1) is 0 Å². The standard InChI is InChI=1S/C33H36N4O6S/c1-22-19-37(23(2)21-38)32(39)28-18-25(34-33(40)35-29-15-9-11-24-10-7-8-14-27(24)29)16-17-30(28)43-31(22)20-36(3)44(41,42)26-12-5-4-6-13-26/h4-18,22-23,31,38H,19-21H2,1-3H3,(H2,34,35,40)/t22-,23+,31+/m1/s1. The summed E-state index contributed by atoms with van der Waals surface area (Å²) in [6.45, 7) is 3.63. The van der Waals surface area contributed by atoms with Crippen LogP contribution < -0.4 is 15.4 Å². The molecule has 0 spiro atoms. The first-order valence-corrected chi connectivity index (χ1v) is 15.8. The van der Waals surface area contributed by atoms with Crippen LogP contribution in [0.1, 0.15) is 24.2 Å². The minimum absolute atomic E-state index is 0.0286. The number of aliphatic hydroxyl groups is 1. The van der Waals surface area contributed by atoms with Crippen molar-refractivity contribution in [1.82, 2.24) is 9.21 Å². The minimum atomic E-state index is -3.79. The van der Waals surface area contributed by atoms with E-state index >= 15 is 0 Å². The molecule has 230 valence electrons. The van der Waals surface area contributed by atoms with E-state index in [1.54, 1.807) is 42.2 Å². The van der Waals surface area contributed by atoms with Gasteiger partial charge in [0, 0.05) is 30.6 Å². The lowest BCUT2D eigenvalue weighted by atomic mass is 9.99. The van der Waals surface area contributed by atoms with E-state index in [2.05, 4.69) is 10.6 Å². The van der Waals surface area contributed by atoms with E-state index in [1.165, 1.54) is 29.6 Å². The van der Waals surface area contributed by atoms with Crippen molar-refractivity contribution in [3.05, 3.63) is 96.6 Å². The van der Waals surface area contributed by atoms with Crippen LogP contribution in [0.4, 0.5) is 16.2 Å². The zero-order valence-corrected chi connectivity index (χ0v) is 25.6. The number of benzene rings is 4. The van der Waals surface area contributed by atoms with Crippen LogP contribution in [0.3, 0.4) is 0 Å². The van der Waals surface area contributed by atoms with Crippen LogP contribution in [-0.2, 0) is 10.0 Å². The van der Waals surface area contributed by atoms with Crippen LogP contribution >= 0.6 is 0 Å². The van der Waals surface area contributed by atoms with Crippen LogP contribution in [0.5, 0.6) is 5.75 Å². The summed E-state index contributed by atoms with van der Waals surface area (Å²) in [5.74, 6) is -0.388. The number of hydrogen-bond donors (Lipinski definition) is 3. The molecule has 0 aromatic heterocycles. The number of anilines is 2. The molecule has 1 heterocycles. The van der Waals surface area contributed by atoms with Crippen molar-refractivity contribution >= 4 is 44.1 Å². The summed E-state index contributed by atoms with van der Waals surface area (Å²) < 4.78 is 34.1. The highest BCUT2D eigenvalue weighted by Gasteiger charge is 2.35. The van der Waals surface area contributed by atoms with Crippen LogP contribution in [0.15, 0.2) is 95.9 Å². The number of rotatable bonds is 8. The topological polar surface area (TPSA) is 128 Å². The number of hydrogen-bond acceptors (Lipinski definition) is 6. The number of amides is 3. The molecule has 3 atom stereocenters. The molecule has 0 saturated heterocycles. The maximum atomic E-state index is 13.8. The lowest BCUT2D eigenvalue weighted by Crippen LogP contribution is -2.50. The smallest absolute Gasteiger partial charge is 0.323 e. The van der Waals surface area contributed by atoms with Crippen molar-refractivity contribution in [2.45, 2.75) is 30.9 Å². The third kappa shape index (κ3) is 6.54. The summed E-state index contributed by atoms with van der Waals surface area (Å²) in [4.78, 5) is 28.5. The third-order valence-corrected chi connectivity index (χ3v) is 9.69. The molecule has 44 heavy (non-hydrogen) atoms. The Hall–Kier alpha value is -4.45. The molecule has 0 unspecified atom stereocenters. The number of aliphatic hydroxyl groups excluding tert-OH is 1. The number of carbonyl (C=O) groups excluding carboxylic acids is 2. The van der Waals surface area contributed by atoms with Gasteiger partial charge in [0.15, 0.2) is 0 Å². The summed E-state index contributed by atoms with van der Waals surface area (Å²) in [5.41, 5.74) is 1.20. The number of carbonyl (C=O) groups is 2. The average molecular weight is 617 g/mol. The van der Waals surface area contributed by atoms with Gasteiger partial charge in [-0.25, -0.2) is 13.2 Å². The minimum Gasteiger partial charge on any atom is -0.488 e. The molecule has 0 bridgehead atoms. The quantitative estimate of drug-likeness (QED) is 0.255. The molecule has 0 aliphatic carbocycles. The molecule has 3 N–H and O–H groups in total. The maximum absolute atomic E-state index is 13.8. The van der Waals surface area contributed by atoms with Crippen molar-refractivity contribution in [3.8, 4) is 5.75 Å². The van der Waals surface area contributed by atoms with Crippen molar-refractivity contribution < 1.29 is 27.9 Å². The van der Waals surface area contributed by atoms with Gasteiger partial charge in [-0.2, -0.15) is 4.31 Å². The largest absolute Gasteiger partial charge is 0.488 e. The Morgan fingerprint density at radius 3 is 2.48 bits per heavy atom. The Labute approximate surface area is 257 Å². The Bertz CT molecular complexity index is 1760. The number of likely N-dealkylation sites (N-methyl/N-ethyl adjacent to an activating group) is 1. The summed E-state index contributed by atoms with van der Waals surface area (Å²) in [7, 11) is -2.29. The van der Waals surface area contributed by atoms with Gasteiger partial charge in [-0.3, -0.25) is 4.79 Å². The highest BCUT2D eigenvalue weighted by Crippen LogP contribution is 2.31. The summed E-state index contributed by atoms with van der Waals surface area (Å²) in [5, 5.41) is 17.5. The number of urea groups is 1. The molecule has 0 fully saturated rings. The second kappa shape index (κ2) is 13.0. The van der Waals surface area contributed by atoms with Crippen molar-refractivity contribution in [1.29, 1.82) is 0 Å². The molecule has 5 rings (SSSR count). The van der Waals surface area contributed by atoms with Crippen LogP contribution in [0, 0.1) is 5.92 Å². The zero-order valence-electron chi connectivity index (χ0n) is 24.8. The number of fused-ring (bicyclic) bond motifs is 2. The second-order valence-electron chi connectivity index (χ2n) is 11.0. The molecule has 0 radical (unpaired) electrons. The summed E-state index contributed by atoms with van der Waals surface area (Å²) in [6.07, 6.45) is -0.618. The summed E-state index contributed by atoms with van der Waals surface area (Å²) in [6, 6.07) is 25.3. The first kappa shape index (κ1) is 31.0. The third-order valence-electron chi connectivity index (χ3n) is 7.85. The van der Waals surface area contributed by atoms with E-state index in [-0.39, 0.29) is 47.7 Å². The van der Waals surface area contributed by atoms with E-state index < -0.39 is 28.2 Å². The predicted octanol–water partition coefficient (Wildman–Crippen LogP) is 5.02. The van der Waals surface area contributed by atoms with Crippen molar-refractivity contribution in [3.63, 3.8) is 0 Å². The fraction of sp³-hybridized carbons (Fsp3) is 0.273. The molecule has 11 heteroatoms. The van der Waals surface area contributed by atoms with E-state index in [1.807, 2.05) is 49.4 Å². The molecule has 4 aromatic carbocycles. The van der Waals surface area contributed by atoms with Gasteiger partial charge < -0.3 is 25.4 Å². The van der Waals surface area contributed by atoms with Gasteiger partial charge in [-0.05, 0) is 48.7 Å². The van der Waals surface area contributed by atoms with Crippen LogP contribution in [0.25, 0.3) is 10.8 Å². The van der Waals surface area contributed by atoms with E-state index in [0.29, 0.717) is 11.4 Å². The Balaban J connectivity index is 1.41.